The normalized spacial score (nSPS) is 14.1. The maximum absolute atomic E-state index is 14.2. The Labute approximate surface area is 286 Å². The largest absolute Gasteiger partial charge is 0.483 e. The third-order valence-corrected chi connectivity index (χ3v) is 9.00. The molecule has 0 spiro atoms. The highest BCUT2D eigenvalue weighted by molar-refractivity contribution is 7.07. The minimum absolute atomic E-state index is 0.149. The Morgan fingerprint density at radius 2 is 1.80 bits per heavy atom. The number of hydrogen-bond acceptors (Lipinski definition) is 10. The van der Waals surface area contributed by atoms with E-state index in [1.807, 2.05) is 63.2 Å². The van der Waals surface area contributed by atoms with Gasteiger partial charge in [0.15, 0.2) is 11.4 Å². The number of hydrogen-bond donors (Lipinski definition) is 1. The number of esters is 1. The number of non-ortho nitro benzene ring substituents is 1. The van der Waals surface area contributed by atoms with Gasteiger partial charge in [0.1, 0.15) is 5.75 Å². The molecule has 0 saturated carbocycles. The number of anilines is 2. The first-order valence-electron chi connectivity index (χ1n) is 15.9. The second-order valence-electron chi connectivity index (χ2n) is 11.3. The lowest BCUT2D eigenvalue weighted by Gasteiger charge is -2.24. The monoisotopic (exact) mass is 683 g/mol. The molecule has 1 aromatic heterocycles. The molecule has 13 heteroatoms. The van der Waals surface area contributed by atoms with Gasteiger partial charge in [0.2, 0.25) is 0 Å². The zero-order chi connectivity index (χ0) is 35.2. The van der Waals surface area contributed by atoms with Crippen LogP contribution in [0.25, 0.3) is 6.08 Å². The zero-order valence-corrected chi connectivity index (χ0v) is 28.7. The van der Waals surface area contributed by atoms with Gasteiger partial charge in [-0.2, -0.15) is 0 Å². The van der Waals surface area contributed by atoms with E-state index in [0.29, 0.717) is 31.9 Å². The van der Waals surface area contributed by atoms with E-state index in [4.69, 9.17) is 9.47 Å². The number of rotatable bonds is 12. The number of ether oxygens (including phenoxy) is 2. The van der Waals surface area contributed by atoms with Crippen LogP contribution < -0.4 is 29.8 Å². The molecule has 0 saturated heterocycles. The van der Waals surface area contributed by atoms with Gasteiger partial charge in [-0.3, -0.25) is 24.3 Å². The van der Waals surface area contributed by atoms with Crippen molar-refractivity contribution >= 4 is 46.4 Å². The van der Waals surface area contributed by atoms with Gasteiger partial charge in [0.05, 0.1) is 33.4 Å². The number of amides is 1. The van der Waals surface area contributed by atoms with Crippen LogP contribution in [0.1, 0.15) is 50.4 Å². The molecule has 1 N–H and O–H groups in total. The van der Waals surface area contributed by atoms with Crippen molar-refractivity contribution in [3.63, 3.8) is 0 Å². The maximum Gasteiger partial charge on any atom is 0.338 e. The summed E-state index contributed by atoms with van der Waals surface area (Å²) in [5.41, 5.74) is 3.75. The van der Waals surface area contributed by atoms with E-state index in [1.54, 1.807) is 26.0 Å². The third kappa shape index (κ3) is 7.62. The summed E-state index contributed by atoms with van der Waals surface area (Å²) < 4.78 is 13.3. The molecule has 12 nitrogen and oxygen atoms in total. The number of carbonyl (C=O) groups excluding carboxylic acids is 2. The molecule has 4 aromatic rings. The quantitative estimate of drug-likeness (QED) is 0.126. The molecule has 0 bridgehead atoms. The van der Waals surface area contributed by atoms with Crippen LogP contribution >= 0.6 is 11.3 Å². The molecular formula is C36H37N5O7S. The fraction of sp³-hybridized carbons (Fsp3) is 0.278. The number of carbonyl (C=O) groups is 2. The Bertz CT molecular complexity index is 2110. The molecule has 0 fully saturated rings. The van der Waals surface area contributed by atoms with E-state index in [0.717, 1.165) is 29.9 Å². The lowest BCUT2D eigenvalue weighted by molar-refractivity contribution is -0.384. The van der Waals surface area contributed by atoms with Crippen LogP contribution in [-0.4, -0.2) is 47.7 Å². The van der Waals surface area contributed by atoms with Crippen molar-refractivity contribution in [2.75, 3.05) is 36.5 Å². The highest BCUT2D eigenvalue weighted by Crippen LogP contribution is 2.31. The number of nitro groups is 1. The Morgan fingerprint density at radius 1 is 1.06 bits per heavy atom. The molecule has 1 aliphatic rings. The predicted octanol–water partition coefficient (Wildman–Crippen LogP) is 4.88. The first kappa shape index (κ1) is 34.8. The van der Waals surface area contributed by atoms with Gasteiger partial charge in [0.25, 0.3) is 17.2 Å². The fourth-order valence-electron chi connectivity index (χ4n) is 5.59. The number of aryl methyl sites for hydroxylation is 1. The molecule has 49 heavy (non-hydrogen) atoms. The number of allylic oxidation sites excluding steroid dienone is 1. The average Bonchev–Trinajstić information content (AvgIpc) is 3.38. The van der Waals surface area contributed by atoms with E-state index in [-0.39, 0.29) is 30.1 Å². The molecular weight excluding hydrogens is 646 g/mol. The standard InChI is InChI=1S/C36H37N5O7S/c1-6-39(7-2)27-17-16-25(29(20-27)48-21-31(42)38-26-10-9-11-28(19-26)41(45)46)18-30-34(43)40-33(24-14-12-22(4)13-15-24)32(35(44)47-8-3)23(5)37-36(40)49-30/h9-20,33H,6-8,21H2,1-5H3,(H,38,42)/b30-18-/t33-/m1/s1. The minimum Gasteiger partial charge on any atom is -0.483 e. The van der Waals surface area contributed by atoms with E-state index < -0.39 is 22.8 Å². The Balaban J connectivity index is 1.55. The lowest BCUT2D eigenvalue weighted by Crippen LogP contribution is -2.39. The minimum atomic E-state index is -0.740. The van der Waals surface area contributed by atoms with Gasteiger partial charge in [-0.15, -0.1) is 0 Å². The van der Waals surface area contributed by atoms with Crippen molar-refractivity contribution in [2.45, 2.75) is 40.7 Å². The van der Waals surface area contributed by atoms with E-state index >= 15 is 0 Å². The molecule has 5 rings (SSSR count). The average molecular weight is 684 g/mol. The molecule has 0 unspecified atom stereocenters. The Hall–Kier alpha value is -5.56. The summed E-state index contributed by atoms with van der Waals surface area (Å²) >= 11 is 1.19. The number of nitrogens with zero attached hydrogens (tertiary/aromatic N) is 4. The van der Waals surface area contributed by atoms with E-state index in [9.17, 15) is 24.5 Å². The molecule has 2 heterocycles. The summed E-state index contributed by atoms with van der Waals surface area (Å²) in [6.45, 7) is 10.8. The molecule has 1 atom stereocenters. The molecule has 0 radical (unpaired) electrons. The maximum atomic E-state index is 14.2. The topological polar surface area (TPSA) is 145 Å². The van der Waals surface area contributed by atoms with Gasteiger partial charge in [0, 0.05) is 48.2 Å². The number of nitrogens with one attached hydrogen (secondary N) is 1. The number of thiazole rings is 1. The van der Waals surface area contributed by atoms with Gasteiger partial charge in [-0.05, 0) is 64.5 Å². The molecule has 0 aliphatic carbocycles. The smallest absolute Gasteiger partial charge is 0.338 e. The molecule has 1 amide bonds. The van der Waals surface area contributed by atoms with Crippen LogP contribution in [0.2, 0.25) is 0 Å². The van der Waals surface area contributed by atoms with Gasteiger partial charge < -0.3 is 19.7 Å². The van der Waals surface area contributed by atoms with Crippen LogP contribution in [-0.2, 0) is 14.3 Å². The second-order valence-corrected chi connectivity index (χ2v) is 12.3. The summed E-state index contributed by atoms with van der Waals surface area (Å²) in [6, 6.07) is 18.1. The Kier molecular flexibility index (Phi) is 10.7. The molecule has 3 aromatic carbocycles. The van der Waals surface area contributed by atoms with Crippen molar-refractivity contribution in [3.8, 4) is 5.75 Å². The number of aromatic nitrogens is 1. The van der Waals surface area contributed by atoms with Crippen LogP contribution in [0, 0.1) is 17.0 Å². The van der Waals surface area contributed by atoms with Crippen molar-refractivity contribution in [1.29, 1.82) is 0 Å². The van der Waals surface area contributed by atoms with E-state index in [1.165, 1.54) is 34.1 Å². The Morgan fingerprint density at radius 3 is 2.47 bits per heavy atom. The molecule has 1 aliphatic heterocycles. The van der Waals surface area contributed by atoms with Gasteiger partial charge in [-0.1, -0.05) is 47.2 Å². The third-order valence-electron chi connectivity index (χ3n) is 8.02. The number of benzene rings is 3. The highest BCUT2D eigenvalue weighted by Gasteiger charge is 2.33. The van der Waals surface area contributed by atoms with Crippen LogP contribution in [0.15, 0.2) is 87.8 Å². The fourth-order valence-corrected chi connectivity index (χ4v) is 6.62. The van der Waals surface area contributed by atoms with Crippen LogP contribution in [0.3, 0.4) is 0 Å². The summed E-state index contributed by atoms with van der Waals surface area (Å²) in [4.78, 5) is 58.1. The van der Waals surface area contributed by atoms with Crippen molar-refractivity contribution in [3.05, 3.63) is 124 Å². The lowest BCUT2D eigenvalue weighted by atomic mass is 9.95. The van der Waals surface area contributed by atoms with Crippen molar-refractivity contribution in [1.82, 2.24) is 4.57 Å². The van der Waals surface area contributed by atoms with E-state index in [2.05, 4.69) is 15.2 Å². The van der Waals surface area contributed by atoms with Crippen LogP contribution in [0.4, 0.5) is 17.1 Å². The summed E-state index contributed by atoms with van der Waals surface area (Å²) in [7, 11) is 0. The zero-order valence-electron chi connectivity index (χ0n) is 27.9. The van der Waals surface area contributed by atoms with Gasteiger partial charge >= 0.3 is 5.97 Å². The van der Waals surface area contributed by atoms with Crippen molar-refractivity contribution < 1.29 is 24.0 Å². The number of fused-ring (bicyclic) bond motifs is 1. The van der Waals surface area contributed by atoms with Crippen LogP contribution in [0.5, 0.6) is 5.75 Å². The van der Waals surface area contributed by atoms with Gasteiger partial charge in [-0.25, -0.2) is 9.79 Å². The first-order chi connectivity index (χ1) is 23.5. The highest BCUT2D eigenvalue weighted by atomic mass is 32.1. The first-order valence-corrected chi connectivity index (χ1v) is 16.7. The SMILES string of the molecule is CCOC(=O)C1=C(C)N=c2s/c(=C\c3ccc(N(CC)CC)cc3OCC(=O)Nc3cccc([N+](=O)[O-])c3)c(=O)n2[C@@H]1c1ccc(C)cc1. The number of nitro benzene ring substituents is 1. The van der Waals surface area contributed by atoms with Crippen molar-refractivity contribution in [2.24, 2.45) is 4.99 Å². The summed E-state index contributed by atoms with van der Waals surface area (Å²) in [6.07, 6.45) is 1.69. The summed E-state index contributed by atoms with van der Waals surface area (Å²) in [5.74, 6) is -0.684. The predicted molar refractivity (Wildman–Crippen MR) is 189 cm³/mol. The molecule has 254 valence electrons. The summed E-state index contributed by atoms with van der Waals surface area (Å²) in [5, 5.41) is 13.8. The second kappa shape index (κ2) is 15.1.